The molecule has 2 rings (SSSR count). The number of nitrogens with zero attached hydrogens (tertiary/aromatic N) is 1. The van der Waals surface area contributed by atoms with E-state index in [4.69, 9.17) is 14.2 Å². The molecule has 1 fully saturated rings. The van der Waals surface area contributed by atoms with E-state index >= 15 is 0 Å². The van der Waals surface area contributed by atoms with Crippen molar-refractivity contribution in [2.75, 3.05) is 25.1 Å². The molecule has 0 radical (unpaired) electrons. The maximum atomic E-state index is 5.74. The highest BCUT2D eigenvalue weighted by molar-refractivity contribution is 5.49. The van der Waals surface area contributed by atoms with Crippen molar-refractivity contribution in [1.82, 2.24) is 4.98 Å². The van der Waals surface area contributed by atoms with Gasteiger partial charge in [0, 0.05) is 12.7 Å². The largest absolute Gasteiger partial charge is 0.490 e. The summed E-state index contributed by atoms with van der Waals surface area (Å²) in [6.07, 6.45) is 2.76. The van der Waals surface area contributed by atoms with Crippen molar-refractivity contribution in [3.05, 3.63) is 18.3 Å². The summed E-state index contributed by atoms with van der Waals surface area (Å²) in [6, 6.07) is 3.79. The Morgan fingerprint density at radius 2 is 2.37 bits per heavy atom. The molecular weight excluding hydrogens is 244 g/mol. The summed E-state index contributed by atoms with van der Waals surface area (Å²) >= 11 is 0. The van der Waals surface area contributed by atoms with Crippen LogP contribution in [0, 0.1) is 0 Å². The summed E-state index contributed by atoms with van der Waals surface area (Å²) in [7, 11) is 0. The van der Waals surface area contributed by atoms with Crippen molar-refractivity contribution in [2.45, 2.75) is 39.1 Å². The van der Waals surface area contributed by atoms with E-state index in [1.54, 1.807) is 6.20 Å². The first-order valence-corrected chi connectivity index (χ1v) is 6.74. The quantitative estimate of drug-likeness (QED) is 0.857. The zero-order chi connectivity index (χ0) is 13.7. The second kappa shape index (κ2) is 6.21. The van der Waals surface area contributed by atoms with E-state index < -0.39 is 5.79 Å². The van der Waals surface area contributed by atoms with E-state index in [1.807, 2.05) is 26.0 Å². The maximum absolute atomic E-state index is 5.74. The predicted octanol–water partition coefficient (Wildman–Crippen LogP) is 2.43. The zero-order valence-electron chi connectivity index (χ0n) is 11.8. The third-order valence-corrected chi connectivity index (χ3v) is 2.80. The number of hydrogen-bond acceptors (Lipinski definition) is 5. The van der Waals surface area contributed by atoms with Gasteiger partial charge in [0.05, 0.1) is 13.2 Å². The minimum Gasteiger partial charge on any atom is -0.490 e. The van der Waals surface area contributed by atoms with Crippen LogP contribution < -0.4 is 10.1 Å². The Labute approximate surface area is 114 Å². The van der Waals surface area contributed by atoms with Crippen LogP contribution in [0.25, 0.3) is 0 Å². The number of pyridine rings is 1. The minimum atomic E-state index is -0.488. The number of nitrogens with one attached hydrogen (secondary N) is 1. The molecule has 1 atom stereocenters. The van der Waals surface area contributed by atoms with Gasteiger partial charge in [0.25, 0.3) is 0 Å². The lowest BCUT2D eigenvalue weighted by Gasteiger charge is -2.18. The van der Waals surface area contributed by atoms with Crippen molar-refractivity contribution < 1.29 is 14.2 Å². The first-order valence-electron chi connectivity index (χ1n) is 6.74. The molecule has 1 N–H and O–H groups in total. The van der Waals surface area contributed by atoms with Crippen LogP contribution >= 0.6 is 0 Å². The highest BCUT2D eigenvalue weighted by atomic mass is 16.7. The van der Waals surface area contributed by atoms with Crippen LogP contribution in [0.3, 0.4) is 0 Å². The van der Waals surface area contributed by atoms with E-state index in [1.165, 1.54) is 0 Å². The number of aromatic nitrogens is 1. The zero-order valence-corrected chi connectivity index (χ0v) is 11.8. The van der Waals surface area contributed by atoms with Crippen molar-refractivity contribution >= 4 is 5.82 Å². The summed E-state index contributed by atoms with van der Waals surface area (Å²) in [5.74, 6) is 1.05. The number of rotatable bonds is 6. The molecular formula is C14H22N2O3. The van der Waals surface area contributed by atoms with Gasteiger partial charge in [0.15, 0.2) is 17.4 Å². The molecule has 1 aromatic heterocycles. The van der Waals surface area contributed by atoms with Crippen LogP contribution in [0.5, 0.6) is 5.75 Å². The summed E-state index contributed by atoms with van der Waals surface area (Å²) in [5.41, 5.74) is 0. The molecule has 1 aliphatic heterocycles. The fourth-order valence-electron chi connectivity index (χ4n) is 1.93. The van der Waals surface area contributed by atoms with Crippen LogP contribution in [0.4, 0.5) is 5.82 Å². The molecule has 0 aliphatic carbocycles. The molecule has 5 heteroatoms. The first kappa shape index (κ1) is 14.1. The molecule has 1 saturated heterocycles. The smallest absolute Gasteiger partial charge is 0.168 e. The third kappa shape index (κ3) is 4.08. The molecule has 106 valence electrons. The molecule has 2 heterocycles. The monoisotopic (exact) mass is 266 g/mol. The minimum absolute atomic E-state index is 0.0380. The summed E-state index contributed by atoms with van der Waals surface area (Å²) < 4.78 is 16.9. The van der Waals surface area contributed by atoms with Crippen LogP contribution in [0.15, 0.2) is 18.3 Å². The van der Waals surface area contributed by atoms with Crippen molar-refractivity contribution in [3.63, 3.8) is 0 Å². The molecule has 0 amide bonds. The number of anilines is 1. The van der Waals surface area contributed by atoms with Crippen molar-refractivity contribution in [1.29, 1.82) is 0 Å². The molecule has 0 aromatic carbocycles. The standard InChI is InChI=1S/C14H22N2O3/c1-4-8-17-12-6-5-7-15-13(12)16-9-11-10-18-14(2,3)19-11/h5-7,11H,4,8-10H2,1-3H3,(H,15,16). The fraction of sp³-hybridized carbons (Fsp3) is 0.643. The van der Waals surface area contributed by atoms with Crippen molar-refractivity contribution in [2.24, 2.45) is 0 Å². The Morgan fingerprint density at radius 1 is 1.53 bits per heavy atom. The Morgan fingerprint density at radius 3 is 3.05 bits per heavy atom. The molecule has 1 aromatic rings. The molecule has 0 spiro atoms. The summed E-state index contributed by atoms with van der Waals surface area (Å²) in [5, 5.41) is 3.26. The van der Waals surface area contributed by atoms with Gasteiger partial charge < -0.3 is 19.5 Å². The van der Waals surface area contributed by atoms with Gasteiger partial charge in [0.1, 0.15) is 6.10 Å². The fourth-order valence-corrected chi connectivity index (χ4v) is 1.93. The van der Waals surface area contributed by atoms with E-state index in [0.29, 0.717) is 19.8 Å². The number of ether oxygens (including phenoxy) is 3. The Hall–Kier alpha value is -1.33. The second-order valence-corrected chi connectivity index (χ2v) is 5.03. The van der Waals surface area contributed by atoms with E-state index in [0.717, 1.165) is 18.0 Å². The average molecular weight is 266 g/mol. The third-order valence-electron chi connectivity index (χ3n) is 2.80. The first-order chi connectivity index (χ1) is 9.11. The molecule has 19 heavy (non-hydrogen) atoms. The Bertz CT molecular complexity index is 409. The maximum Gasteiger partial charge on any atom is 0.168 e. The second-order valence-electron chi connectivity index (χ2n) is 5.03. The van der Waals surface area contributed by atoms with Gasteiger partial charge in [-0.1, -0.05) is 6.92 Å². The van der Waals surface area contributed by atoms with Gasteiger partial charge in [-0.2, -0.15) is 0 Å². The van der Waals surface area contributed by atoms with Crippen LogP contribution in [-0.2, 0) is 9.47 Å². The highest BCUT2D eigenvalue weighted by Crippen LogP contribution is 2.24. The summed E-state index contributed by atoms with van der Waals surface area (Å²) in [6.45, 7) is 7.86. The predicted molar refractivity (Wildman–Crippen MR) is 73.4 cm³/mol. The highest BCUT2D eigenvalue weighted by Gasteiger charge is 2.32. The van der Waals surface area contributed by atoms with E-state index in [2.05, 4.69) is 17.2 Å². The molecule has 0 saturated carbocycles. The Balaban J connectivity index is 1.89. The van der Waals surface area contributed by atoms with Crippen LogP contribution in [-0.4, -0.2) is 36.6 Å². The number of hydrogen-bond donors (Lipinski definition) is 1. The summed E-state index contributed by atoms with van der Waals surface area (Å²) in [4.78, 5) is 4.30. The Kier molecular flexibility index (Phi) is 4.61. The van der Waals surface area contributed by atoms with Gasteiger partial charge in [-0.15, -0.1) is 0 Å². The molecule has 5 nitrogen and oxygen atoms in total. The van der Waals surface area contributed by atoms with Crippen LogP contribution in [0.2, 0.25) is 0 Å². The van der Waals surface area contributed by atoms with Gasteiger partial charge in [-0.25, -0.2) is 4.98 Å². The van der Waals surface area contributed by atoms with Gasteiger partial charge in [0.2, 0.25) is 0 Å². The van der Waals surface area contributed by atoms with Gasteiger partial charge >= 0.3 is 0 Å². The van der Waals surface area contributed by atoms with Gasteiger partial charge in [-0.05, 0) is 32.4 Å². The van der Waals surface area contributed by atoms with Crippen LogP contribution in [0.1, 0.15) is 27.2 Å². The lowest BCUT2D eigenvalue weighted by Crippen LogP contribution is -2.26. The molecule has 1 unspecified atom stereocenters. The SMILES string of the molecule is CCCOc1cccnc1NCC1COC(C)(C)O1. The average Bonchev–Trinajstić information content (AvgIpc) is 2.74. The molecule has 0 bridgehead atoms. The topological polar surface area (TPSA) is 52.6 Å². The van der Waals surface area contributed by atoms with Gasteiger partial charge in [-0.3, -0.25) is 0 Å². The van der Waals surface area contributed by atoms with E-state index in [9.17, 15) is 0 Å². The lowest BCUT2D eigenvalue weighted by atomic mass is 10.3. The lowest BCUT2D eigenvalue weighted by molar-refractivity contribution is -0.136. The van der Waals surface area contributed by atoms with Crippen molar-refractivity contribution in [3.8, 4) is 5.75 Å². The normalized spacial score (nSPS) is 21.3. The molecule has 1 aliphatic rings. The van der Waals surface area contributed by atoms with E-state index in [-0.39, 0.29) is 6.10 Å².